The molecule has 0 aliphatic heterocycles. The van der Waals surface area contributed by atoms with Crippen molar-refractivity contribution < 1.29 is 23.1 Å². The fourth-order valence-corrected chi connectivity index (χ4v) is 1.86. The van der Waals surface area contributed by atoms with Crippen LogP contribution in [0.3, 0.4) is 0 Å². The van der Waals surface area contributed by atoms with Gasteiger partial charge in [0, 0.05) is 5.41 Å². The zero-order chi connectivity index (χ0) is 16.8. The molecule has 1 amide bonds. The summed E-state index contributed by atoms with van der Waals surface area (Å²) in [7, 11) is 1.22. The van der Waals surface area contributed by atoms with E-state index in [2.05, 4.69) is 10.1 Å². The van der Waals surface area contributed by atoms with Crippen LogP contribution in [0.4, 0.5) is 8.78 Å². The highest BCUT2D eigenvalue weighted by atomic mass is 19.3. The zero-order valence-corrected chi connectivity index (χ0v) is 13.3. The van der Waals surface area contributed by atoms with Crippen LogP contribution < -0.4 is 11.1 Å². The number of nitrogens with two attached hydrogens (primary N) is 1. The lowest BCUT2D eigenvalue weighted by atomic mass is 9.86. The zero-order valence-electron chi connectivity index (χ0n) is 13.3. The molecule has 5 nitrogen and oxygen atoms in total. The van der Waals surface area contributed by atoms with Crippen LogP contribution in [0.25, 0.3) is 0 Å². The minimum Gasteiger partial charge on any atom is -0.467 e. The van der Waals surface area contributed by atoms with Crippen LogP contribution in [0.2, 0.25) is 0 Å². The number of nitrogens with one attached hydrogen (secondary N) is 1. The summed E-state index contributed by atoms with van der Waals surface area (Å²) in [5.74, 6) is -1.04. The molecule has 0 aromatic rings. The van der Waals surface area contributed by atoms with E-state index in [1.165, 1.54) is 21.0 Å². The number of amides is 1. The van der Waals surface area contributed by atoms with Crippen molar-refractivity contribution in [2.24, 2.45) is 17.1 Å². The van der Waals surface area contributed by atoms with E-state index in [9.17, 15) is 18.4 Å². The van der Waals surface area contributed by atoms with Gasteiger partial charge in [0.2, 0.25) is 12.3 Å². The Bertz CT molecular complexity index is 360. The van der Waals surface area contributed by atoms with Crippen molar-refractivity contribution in [2.75, 3.05) is 7.11 Å². The first-order valence-electron chi connectivity index (χ1n) is 6.93. The van der Waals surface area contributed by atoms with Crippen LogP contribution in [0.5, 0.6) is 0 Å². The Hall–Kier alpha value is -1.24. The number of hydrogen-bond acceptors (Lipinski definition) is 4. The molecule has 0 aliphatic rings. The van der Waals surface area contributed by atoms with Crippen molar-refractivity contribution in [3.05, 3.63) is 0 Å². The Morgan fingerprint density at radius 3 is 2.19 bits per heavy atom. The first kappa shape index (κ1) is 19.8. The summed E-state index contributed by atoms with van der Waals surface area (Å²) in [4.78, 5) is 23.6. The molecule has 0 aromatic carbocycles. The molecular formula is C14H26F2N2O3. The van der Waals surface area contributed by atoms with Gasteiger partial charge >= 0.3 is 5.97 Å². The summed E-state index contributed by atoms with van der Waals surface area (Å²) in [6.07, 6.45) is -2.36. The number of carbonyl (C=O) groups is 2. The lowest BCUT2D eigenvalue weighted by molar-refractivity contribution is -0.145. The molecule has 0 saturated heterocycles. The monoisotopic (exact) mass is 308 g/mol. The van der Waals surface area contributed by atoms with Gasteiger partial charge in [0.1, 0.15) is 6.04 Å². The van der Waals surface area contributed by atoms with Crippen LogP contribution >= 0.6 is 0 Å². The molecule has 0 spiro atoms. The molecule has 7 heteroatoms. The van der Waals surface area contributed by atoms with Gasteiger partial charge in [-0.3, -0.25) is 4.79 Å². The third-order valence-corrected chi connectivity index (χ3v) is 3.18. The summed E-state index contributed by atoms with van der Waals surface area (Å²) in [5.41, 5.74) is 4.30. The summed E-state index contributed by atoms with van der Waals surface area (Å²) in [6.45, 7) is 6.47. The molecule has 0 aromatic heterocycles. The summed E-state index contributed by atoms with van der Waals surface area (Å²) < 4.78 is 30.2. The van der Waals surface area contributed by atoms with Gasteiger partial charge in [-0.05, 0) is 18.8 Å². The van der Waals surface area contributed by atoms with Crippen molar-refractivity contribution in [1.82, 2.24) is 5.32 Å². The van der Waals surface area contributed by atoms with Crippen LogP contribution in [-0.4, -0.2) is 37.5 Å². The molecule has 3 N–H and O–H groups in total. The largest absolute Gasteiger partial charge is 0.467 e. The number of rotatable bonds is 8. The van der Waals surface area contributed by atoms with E-state index in [0.717, 1.165) is 0 Å². The van der Waals surface area contributed by atoms with Gasteiger partial charge in [0.25, 0.3) is 0 Å². The third kappa shape index (κ3) is 6.84. The Morgan fingerprint density at radius 2 is 1.81 bits per heavy atom. The maximum absolute atomic E-state index is 12.8. The van der Waals surface area contributed by atoms with E-state index in [1.807, 2.05) is 13.8 Å². The first-order valence-corrected chi connectivity index (χ1v) is 6.93. The number of halogens is 2. The first-order chi connectivity index (χ1) is 9.51. The lowest BCUT2D eigenvalue weighted by Gasteiger charge is -2.27. The molecule has 2 atom stereocenters. The van der Waals surface area contributed by atoms with E-state index in [4.69, 9.17) is 5.73 Å². The second-order valence-corrected chi connectivity index (χ2v) is 6.31. The molecule has 0 fully saturated rings. The minimum atomic E-state index is -2.58. The number of hydrogen-bond donors (Lipinski definition) is 2. The average molecular weight is 308 g/mol. The number of alkyl halides is 2. The summed E-state index contributed by atoms with van der Waals surface area (Å²) in [5, 5.41) is 2.48. The average Bonchev–Trinajstić information content (AvgIpc) is 2.35. The van der Waals surface area contributed by atoms with E-state index < -0.39 is 35.8 Å². The van der Waals surface area contributed by atoms with Gasteiger partial charge in [-0.15, -0.1) is 0 Å². The number of ether oxygens (including phenoxy) is 1. The SMILES string of the molecule is COC(=O)[C@H](CC(C)C)NC(=O)[C@H](N)CC(C)(C)C(F)F. The maximum atomic E-state index is 12.8. The predicted molar refractivity (Wildman–Crippen MR) is 75.8 cm³/mol. The van der Waals surface area contributed by atoms with E-state index >= 15 is 0 Å². The highest BCUT2D eigenvalue weighted by Gasteiger charge is 2.34. The number of methoxy groups -OCH3 is 1. The Balaban J connectivity index is 4.71. The highest BCUT2D eigenvalue weighted by Crippen LogP contribution is 2.29. The Labute approximate surface area is 124 Å². The Morgan fingerprint density at radius 1 is 1.29 bits per heavy atom. The van der Waals surface area contributed by atoms with Crippen LogP contribution in [-0.2, 0) is 14.3 Å². The molecule has 0 heterocycles. The second kappa shape index (κ2) is 8.26. The molecule has 0 saturated carbocycles. The van der Waals surface area contributed by atoms with Crippen molar-refractivity contribution in [3.8, 4) is 0 Å². The molecule has 0 unspecified atom stereocenters. The molecule has 21 heavy (non-hydrogen) atoms. The smallest absolute Gasteiger partial charge is 0.328 e. The minimum absolute atomic E-state index is 0.156. The van der Waals surface area contributed by atoms with Gasteiger partial charge in [-0.2, -0.15) is 0 Å². The highest BCUT2D eigenvalue weighted by molar-refractivity contribution is 5.87. The van der Waals surface area contributed by atoms with Gasteiger partial charge in [0.05, 0.1) is 13.2 Å². The molecule has 0 aliphatic carbocycles. The second-order valence-electron chi connectivity index (χ2n) is 6.31. The summed E-state index contributed by atoms with van der Waals surface area (Å²) in [6, 6.07) is -1.92. The van der Waals surface area contributed by atoms with E-state index in [-0.39, 0.29) is 12.3 Å². The fourth-order valence-electron chi connectivity index (χ4n) is 1.86. The van der Waals surface area contributed by atoms with E-state index in [1.54, 1.807) is 0 Å². The Kier molecular flexibility index (Phi) is 7.78. The third-order valence-electron chi connectivity index (χ3n) is 3.18. The number of esters is 1. The van der Waals surface area contributed by atoms with Crippen molar-refractivity contribution in [3.63, 3.8) is 0 Å². The van der Waals surface area contributed by atoms with Crippen molar-refractivity contribution >= 4 is 11.9 Å². The van der Waals surface area contributed by atoms with Gasteiger partial charge < -0.3 is 15.8 Å². The fraction of sp³-hybridized carbons (Fsp3) is 0.857. The molecule has 0 bridgehead atoms. The lowest BCUT2D eigenvalue weighted by Crippen LogP contribution is -2.50. The van der Waals surface area contributed by atoms with E-state index in [0.29, 0.717) is 6.42 Å². The van der Waals surface area contributed by atoms with Gasteiger partial charge in [-0.1, -0.05) is 27.7 Å². The van der Waals surface area contributed by atoms with Crippen LogP contribution in [0.15, 0.2) is 0 Å². The number of carbonyl (C=O) groups excluding carboxylic acids is 2. The topological polar surface area (TPSA) is 81.4 Å². The maximum Gasteiger partial charge on any atom is 0.328 e. The molecular weight excluding hydrogens is 282 g/mol. The van der Waals surface area contributed by atoms with Crippen molar-refractivity contribution in [1.29, 1.82) is 0 Å². The standard InChI is InChI=1S/C14H26F2N2O3/c1-8(2)6-10(12(20)21-5)18-11(19)9(17)7-14(3,4)13(15)16/h8-10,13H,6-7,17H2,1-5H3,(H,18,19)/t9-,10+/m1/s1. The molecule has 0 radical (unpaired) electrons. The molecule has 0 rings (SSSR count). The van der Waals surface area contributed by atoms with Gasteiger partial charge in [-0.25, -0.2) is 13.6 Å². The summed E-state index contributed by atoms with van der Waals surface area (Å²) >= 11 is 0. The normalized spacial score (nSPS) is 15.0. The predicted octanol–water partition coefficient (Wildman–Crippen LogP) is 1.70. The quantitative estimate of drug-likeness (QED) is 0.669. The van der Waals surface area contributed by atoms with Crippen LogP contribution in [0, 0.1) is 11.3 Å². The molecule has 124 valence electrons. The van der Waals surface area contributed by atoms with Gasteiger partial charge in [0.15, 0.2) is 0 Å². The van der Waals surface area contributed by atoms with Crippen molar-refractivity contribution in [2.45, 2.75) is 59.0 Å². The van der Waals surface area contributed by atoms with Crippen LogP contribution in [0.1, 0.15) is 40.5 Å².